The maximum absolute atomic E-state index is 12.9. The quantitative estimate of drug-likeness (QED) is 0.729. The van der Waals surface area contributed by atoms with Gasteiger partial charge in [-0.1, -0.05) is 29.8 Å². The van der Waals surface area contributed by atoms with Gasteiger partial charge in [0.25, 0.3) is 11.8 Å². The Bertz CT molecular complexity index is 956. The van der Waals surface area contributed by atoms with E-state index in [1.54, 1.807) is 24.3 Å². The Morgan fingerprint density at radius 3 is 2.30 bits per heavy atom. The lowest BCUT2D eigenvalue weighted by Gasteiger charge is -2.10. The zero-order chi connectivity index (χ0) is 19.2. The van der Waals surface area contributed by atoms with Gasteiger partial charge in [-0.3, -0.25) is 9.59 Å². The second-order valence-corrected chi connectivity index (χ2v) is 5.88. The summed E-state index contributed by atoms with van der Waals surface area (Å²) in [6, 6.07) is 12.8. The molecule has 0 aliphatic carbocycles. The van der Waals surface area contributed by atoms with Crippen molar-refractivity contribution in [3.8, 4) is 0 Å². The number of carbonyl (C=O) groups is 2. The first-order valence-corrected chi connectivity index (χ1v) is 8.24. The van der Waals surface area contributed by atoms with Crippen molar-refractivity contribution in [3.63, 3.8) is 0 Å². The molecule has 0 radical (unpaired) electrons. The van der Waals surface area contributed by atoms with E-state index in [-0.39, 0.29) is 29.8 Å². The molecule has 2 N–H and O–H groups in total. The highest BCUT2D eigenvalue weighted by molar-refractivity contribution is 6.07. The Hall–Kier alpha value is -3.61. The molecule has 2 aromatic carbocycles. The minimum atomic E-state index is -0.494. The molecule has 6 nitrogen and oxygen atoms in total. The summed E-state index contributed by atoms with van der Waals surface area (Å²) in [5, 5.41) is 5.29. The largest absolute Gasteiger partial charge is 0.347 e. The van der Waals surface area contributed by atoms with Crippen LogP contribution >= 0.6 is 0 Å². The van der Waals surface area contributed by atoms with Gasteiger partial charge in [-0.25, -0.2) is 14.4 Å². The average molecular weight is 364 g/mol. The number of carbonyl (C=O) groups excluding carboxylic acids is 2. The summed E-state index contributed by atoms with van der Waals surface area (Å²) < 4.78 is 12.9. The number of anilines is 1. The van der Waals surface area contributed by atoms with E-state index in [2.05, 4.69) is 20.6 Å². The Labute approximate surface area is 155 Å². The van der Waals surface area contributed by atoms with Gasteiger partial charge >= 0.3 is 0 Å². The van der Waals surface area contributed by atoms with Gasteiger partial charge in [0, 0.05) is 24.5 Å². The molecule has 0 fully saturated rings. The summed E-state index contributed by atoms with van der Waals surface area (Å²) in [6.07, 6.45) is 2.76. The molecule has 1 heterocycles. The van der Waals surface area contributed by atoms with E-state index < -0.39 is 5.91 Å². The van der Waals surface area contributed by atoms with Crippen molar-refractivity contribution in [1.29, 1.82) is 0 Å². The molecule has 0 saturated carbocycles. The lowest BCUT2D eigenvalue weighted by Crippen LogP contribution is -2.26. The first kappa shape index (κ1) is 18.2. The van der Waals surface area contributed by atoms with E-state index in [1.807, 2.05) is 19.1 Å². The van der Waals surface area contributed by atoms with Crippen LogP contribution in [0.15, 0.2) is 60.9 Å². The highest BCUT2D eigenvalue weighted by atomic mass is 19.1. The highest BCUT2D eigenvalue weighted by Gasteiger charge is 2.17. The molecule has 27 heavy (non-hydrogen) atoms. The molecule has 0 aliphatic heterocycles. The lowest BCUT2D eigenvalue weighted by molar-refractivity contribution is 0.0946. The van der Waals surface area contributed by atoms with E-state index in [1.165, 1.54) is 24.5 Å². The number of aryl methyl sites for hydroxylation is 1. The molecule has 0 spiro atoms. The van der Waals surface area contributed by atoms with Crippen LogP contribution in [0.1, 0.15) is 32.0 Å². The molecular formula is C20H17FN4O2. The molecule has 0 saturated heterocycles. The van der Waals surface area contributed by atoms with Crippen LogP contribution in [-0.2, 0) is 6.54 Å². The van der Waals surface area contributed by atoms with Crippen molar-refractivity contribution in [2.75, 3.05) is 5.32 Å². The number of hydrogen-bond acceptors (Lipinski definition) is 4. The summed E-state index contributed by atoms with van der Waals surface area (Å²) in [7, 11) is 0. The smallest absolute Gasteiger partial charge is 0.274 e. The maximum Gasteiger partial charge on any atom is 0.274 e. The molecule has 0 aliphatic rings. The van der Waals surface area contributed by atoms with Gasteiger partial charge in [-0.05, 0) is 36.8 Å². The van der Waals surface area contributed by atoms with Gasteiger partial charge < -0.3 is 10.6 Å². The standard InChI is InChI=1S/C20H17FN4O2/c1-13-2-6-15(7-3-13)19(26)25-18-17(22-10-11-23-18)20(27)24-12-14-4-8-16(21)9-5-14/h2-11H,12H2,1H3,(H,24,27)(H,23,25,26). The monoisotopic (exact) mass is 364 g/mol. The highest BCUT2D eigenvalue weighted by Crippen LogP contribution is 2.12. The van der Waals surface area contributed by atoms with Crippen molar-refractivity contribution >= 4 is 17.6 Å². The first-order valence-electron chi connectivity index (χ1n) is 8.24. The molecule has 1 aromatic heterocycles. The zero-order valence-corrected chi connectivity index (χ0v) is 14.6. The lowest BCUT2D eigenvalue weighted by atomic mass is 10.1. The molecule has 3 rings (SSSR count). The van der Waals surface area contributed by atoms with Crippen LogP contribution in [-0.4, -0.2) is 21.8 Å². The topological polar surface area (TPSA) is 84.0 Å². The summed E-state index contributed by atoms with van der Waals surface area (Å²) in [6.45, 7) is 2.12. The Morgan fingerprint density at radius 2 is 1.59 bits per heavy atom. The van der Waals surface area contributed by atoms with Crippen LogP contribution in [0.4, 0.5) is 10.2 Å². The summed E-state index contributed by atoms with van der Waals surface area (Å²) >= 11 is 0. The first-order chi connectivity index (χ1) is 13.0. The van der Waals surface area contributed by atoms with Crippen molar-refractivity contribution in [2.24, 2.45) is 0 Å². The summed E-state index contributed by atoms with van der Waals surface area (Å²) in [5.41, 5.74) is 2.22. The predicted octanol–water partition coefficient (Wildman–Crippen LogP) is 3.11. The van der Waals surface area contributed by atoms with Crippen molar-refractivity contribution < 1.29 is 14.0 Å². The van der Waals surface area contributed by atoms with Gasteiger partial charge in [0.1, 0.15) is 5.82 Å². The molecule has 2 amide bonds. The third-order valence-electron chi connectivity index (χ3n) is 3.83. The Kier molecular flexibility index (Phi) is 5.51. The van der Waals surface area contributed by atoms with E-state index in [0.717, 1.165) is 11.1 Å². The number of amides is 2. The van der Waals surface area contributed by atoms with Gasteiger partial charge in [0.15, 0.2) is 11.5 Å². The number of rotatable bonds is 5. The van der Waals surface area contributed by atoms with Crippen LogP contribution < -0.4 is 10.6 Å². The fourth-order valence-electron chi connectivity index (χ4n) is 2.35. The third kappa shape index (κ3) is 4.72. The van der Waals surface area contributed by atoms with Crippen LogP contribution in [0.2, 0.25) is 0 Å². The van der Waals surface area contributed by atoms with Crippen molar-refractivity contribution in [3.05, 3.63) is 89.1 Å². The van der Waals surface area contributed by atoms with Gasteiger partial charge in [-0.15, -0.1) is 0 Å². The molecule has 136 valence electrons. The molecular weight excluding hydrogens is 347 g/mol. The van der Waals surface area contributed by atoms with Crippen LogP contribution in [0.25, 0.3) is 0 Å². The van der Waals surface area contributed by atoms with E-state index in [4.69, 9.17) is 0 Å². The summed E-state index contributed by atoms with van der Waals surface area (Å²) in [5.74, 6) is -1.16. The number of aromatic nitrogens is 2. The molecule has 7 heteroatoms. The number of hydrogen-bond donors (Lipinski definition) is 2. The van der Waals surface area contributed by atoms with Crippen molar-refractivity contribution in [2.45, 2.75) is 13.5 Å². The minimum absolute atomic E-state index is 0.0000679. The SMILES string of the molecule is Cc1ccc(C(=O)Nc2nccnc2C(=O)NCc2ccc(F)cc2)cc1. The Balaban J connectivity index is 1.70. The normalized spacial score (nSPS) is 10.3. The average Bonchev–Trinajstić information content (AvgIpc) is 2.68. The predicted molar refractivity (Wildman–Crippen MR) is 98.7 cm³/mol. The second kappa shape index (κ2) is 8.18. The van der Waals surface area contributed by atoms with E-state index in [0.29, 0.717) is 5.56 Å². The molecule has 3 aromatic rings. The fraction of sp³-hybridized carbons (Fsp3) is 0.100. The number of nitrogens with one attached hydrogen (secondary N) is 2. The number of nitrogens with zero attached hydrogens (tertiary/aromatic N) is 2. The van der Waals surface area contributed by atoms with E-state index in [9.17, 15) is 14.0 Å². The molecule has 0 atom stereocenters. The van der Waals surface area contributed by atoms with E-state index >= 15 is 0 Å². The fourth-order valence-corrected chi connectivity index (χ4v) is 2.35. The third-order valence-corrected chi connectivity index (χ3v) is 3.83. The van der Waals surface area contributed by atoms with Gasteiger partial charge in [-0.2, -0.15) is 0 Å². The number of benzene rings is 2. The van der Waals surface area contributed by atoms with Gasteiger partial charge in [0.2, 0.25) is 0 Å². The molecule has 0 bridgehead atoms. The molecule has 0 unspecified atom stereocenters. The van der Waals surface area contributed by atoms with Crippen LogP contribution in [0, 0.1) is 12.7 Å². The zero-order valence-electron chi connectivity index (χ0n) is 14.6. The van der Waals surface area contributed by atoms with Gasteiger partial charge in [0.05, 0.1) is 0 Å². The number of halogens is 1. The van der Waals surface area contributed by atoms with Crippen LogP contribution in [0.5, 0.6) is 0 Å². The Morgan fingerprint density at radius 1 is 0.926 bits per heavy atom. The minimum Gasteiger partial charge on any atom is -0.347 e. The van der Waals surface area contributed by atoms with Crippen LogP contribution in [0.3, 0.4) is 0 Å². The van der Waals surface area contributed by atoms with Crippen molar-refractivity contribution in [1.82, 2.24) is 15.3 Å². The second-order valence-electron chi connectivity index (χ2n) is 5.88. The maximum atomic E-state index is 12.9. The summed E-state index contributed by atoms with van der Waals surface area (Å²) in [4.78, 5) is 32.9.